The molecule has 3 aromatic rings. The molecule has 1 N–H and O–H groups in total. The molecule has 138 valence electrons. The second-order valence-electron chi connectivity index (χ2n) is 5.96. The van der Waals surface area contributed by atoms with Crippen LogP contribution in [0, 0.1) is 6.92 Å². The van der Waals surface area contributed by atoms with Gasteiger partial charge in [0.2, 0.25) is 0 Å². The molecule has 0 unspecified atom stereocenters. The molecule has 0 spiro atoms. The fourth-order valence-electron chi connectivity index (χ4n) is 2.50. The Bertz CT molecular complexity index is 909. The maximum atomic E-state index is 10.6. The number of carboxylic acids is 1. The monoisotopic (exact) mass is 380 g/mol. The summed E-state index contributed by atoms with van der Waals surface area (Å²) in [5, 5.41) is 8.71. The highest BCUT2D eigenvalue weighted by atomic mass is 32.2. The van der Waals surface area contributed by atoms with Crippen LogP contribution in [0.2, 0.25) is 0 Å². The van der Waals surface area contributed by atoms with Crippen LogP contribution in [0.5, 0.6) is 17.2 Å². The third kappa shape index (κ3) is 5.79. The molecule has 3 rings (SSSR count). The molecule has 0 atom stereocenters. The molecule has 0 radical (unpaired) electrons. The Kier molecular flexibility index (Phi) is 6.39. The Morgan fingerprint density at radius 2 is 1.74 bits per heavy atom. The molecule has 5 heteroatoms. The Balaban J connectivity index is 1.60. The van der Waals surface area contributed by atoms with Crippen LogP contribution in [0.25, 0.3) is 0 Å². The van der Waals surface area contributed by atoms with Gasteiger partial charge in [-0.2, -0.15) is 0 Å². The minimum Gasteiger partial charge on any atom is -0.482 e. The van der Waals surface area contributed by atoms with E-state index in [0.29, 0.717) is 5.75 Å². The first-order chi connectivity index (χ1) is 13.1. The van der Waals surface area contributed by atoms with Crippen molar-refractivity contribution in [3.05, 3.63) is 83.9 Å². The van der Waals surface area contributed by atoms with Gasteiger partial charge in [0.1, 0.15) is 17.2 Å². The maximum Gasteiger partial charge on any atom is 0.341 e. The van der Waals surface area contributed by atoms with Crippen molar-refractivity contribution in [2.45, 2.75) is 17.6 Å². The topological polar surface area (TPSA) is 55.8 Å². The number of carbonyl (C=O) groups is 1. The van der Waals surface area contributed by atoms with Gasteiger partial charge >= 0.3 is 5.97 Å². The number of aryl methyl sites for hydroxylation is 1. The molecular formula is C22H20O4S. The van der Waals surface area contributed by atoms with Crippen molar-refractivity contribution >= 4 is 17.7 Å². The minimum atomic E-state index is -0.981. The summed E-state index contributed by atoms with van der Waals surface area (Å²) in [6, 6.07) is 23.5. The first-order valence-corrected chi connectivity index (χ1v) is 9.48. The van der Waals surface area contributed by atoms with Gasteiger partial charge in [-0.25, -0.2) is 4.79 Å². The van der Waals surface area contributed by atoms with E-state index in [-0.39, 0.29) is 6.61 Å². The molecular weight excluding hydrogens is 360 g/mol. The predicted molar refractivity (Wildman–Crippen MR) is 107 cm³/mol. The van der Waals surface area contributed by atoms with Crippen molar-refractivity contribution in [3.8, 4) is 17.2 Å². The molecule has 0 saturated heterocycles. The van der Waals surface area contributed by atoms with Crippen molar-refractivity contribution in [1.82, 2.24) is 0 Å². The number of thioether (sulfide) groups is 1. The van der Waals surface area contributed by atoms with Crippen molar-refractivity contribution in [2.24, 2.45) is 0 Å². The third-order valence-corrected chi connectivity index (χ3v) is 4.85. The molecule has 0 bridgehead atoms. The quantitative estimate of drug-likeness (QED) is 0.520. The van der Waals surface area contributed by atoms with Crippen molar-refractivity contribution < 1.29 is 19.4 Å². The summed E-state index contributed by atoms with van der Waals surface area (Å²) < 4.78 is 11.1. The number of hydrogen-bond acceptors (Lipinski definition) is 4. The molecule has 0 aliphatic carbocycles. The van der Waals surface area contributed by atoms with Gasteiger partial charge in [-0.3, -0.25) is 0 Å². The summed E-state index contributed by atoms with van der Waals surface area (Å²) >= 11 is 1.71. The summed E-state index contributed by atoms with van der Waals surface area (Å²) in [5.74, 6) is 2.05. The SMILES string of the molecule is Cc1cc(SCc2cccc(Oc3ccccc3)c2)ccc1OCC(=O)O. The van der Waals surface area contributed by atoms with Gasteiger partial charge in [-0.1, -0.05) is 30.3 Å². The molecule has 0 aliphatic heterocycles. The number of aliphatic carboxylic acids is 1. The van der Waals surface area contributed by atoms with E-state index in [4.69, 9.17) is 14.6 Å². The van der Waals surface area contributed by atoms with E-state index >= 15 is 0 Å². The zero-order valence-corrected chi connectivity index (χ0v) is 15.7. The summed E-state index contributed by atoms with van der Waals surface area (Å²) in [4.78, 5) is 11.7. The highest BCUT2D eigenvalue weighted by molar-refractivity contribution is 7.98. The van der Waals surface area contributed by atoms with Crippen molar-refractivity contribution in [1.29, 1.82) is 0 Å². The molecule has 0 saturated carbocycles. The zero-order valence-electron chi connectivity index (χ0n) is 14.9. The summed E-state index contributed by atoms with van der Waals surface area (Å²) in [5.41, 5.74) is 2.08. The molecule has 3 aromatic carbocycles. The number of para-hydroxylation sites is 1. The lowest BCUT2D eigenvalue weighted by atomic mass is 10.2. The number of hydrogen-bond donors (Lipinski definition) is 1. The smallest absolute Gasteiger partial charge is 0.341 e. The van der Waals surface area contributed by atoms with Gasteiger partial charge < -0.3 is 14.6 Å². The van der Waals surface area contributed by atoms with Crippen LogP contribution in [0.1, 0.15) is 11.1 Å². The van der Waals surface area contributed by atoms with E-state index in [1.54, 1.807) is 11.8 Å². The third-order valence-electron chi connectivity index (χ3n) is 3.78. The highest BCUT2D eigenvalue weighted by Crippen LogP contribution is 2.29. The van der Waals surface area contributed by atoms with E-state index in [9.17, 15) is 4.79 Å². The lowest BCUT2D eigenvalue weighted by Gasteiger charge is -2.10. The minimum absolute atomic E-state index is 0.332. The van der Waals surface area contributed by atoms with E-state index < -0.39 is 5.97 Å². The molecule has 0 amide bonds. The van der Waals surface area contributed by atoms with E-state index in [2.05, 4.69) is 6.07 Å². The fraction of sp³-hybridized carbons (Fsp3) is 0.136. The van der Waals surface area contributed by atoms with Crippen LogP contribution in [-0.4, -0.2) is 17.7 Å². The van der Waals surface area contributed by atoms with E-state index in [0.717, 1.165) is 33.3 Å². The maximum absolute atomic E-state index is 10.6. The van der Waals surface area contributed by atoms with Crippen molar-refractivity contribution in [3.63, 3.8) is 0 Å². The molecule has 4 nitrogen and oxygen atoms in total. The Labute approximate surface area is 162 Å². The van der Waals surface area contributed by atoms with E-state index in [1.807, 2.05) is 73.7 Å². The highest BCUT2D eigenvalue weighted by Gasteiger charge is 2.05. The van der Waals surface area contributed by atoms with Crippen LogP contribution < -0.4 is 9.47 Å². The van der Waals surface area contributed by atoms with Gasteiger partial charge in [0.15, 0.2) is 6.61 Å². The van der Waals surface area contributed by atoms with Gasteiger partial charge in [0.05, 0.1) is 0 Å². The predicted octanol–water partition coefficient (Wildman–Crippen LogP) is 5.54. The average molecular weight is 380 g/mol. The lowest BCUT2D eigenvalue weighted by Crippen LogP contribution is -2.09. The van der Waals surface area contributed by atoms with Crippen LogP contribution in [0.15, 0.2) is 77.7 Å². The first kappa shape index (κ1) is 18.9. The molecule has 0 heterocycles. The molecule has 0 aromatic heterocycles. The van der Waals surface area contributed by atoms with Crippen molar-refractivity contribution in [2.75, 3.05) is 6.61 Å². The molecule has 0 aliphatic rings. The van der Waals surface area contributed by atoms with Crippen LogP contribution in [-0.2, 0) is 10.5 Å². The second kappa shape index (κ2) is 9.14. The van der Waals surface area contributed by atoms with Gasteiger partial charge in [-0.15, -0.1) is 11.8 Å². The van der Waals surface area contributed by atoms with E-state index in [1.165, 1.54) is 0 Å². The number of rotatable bonds is 8. The summed E-state index contributed by atoms with van der Waals surface area (Å²) in [6.45, 7) is 1.58. The summed E-state index contributed by atoms with van der Waals surface area (Å²) in [7, 11) is 0. The first-order valence-electron chi connectivity index (χ1n) is 8.50. The average Bonchev–Trinajstić information content (AvgIpc) is 2.66. The number of ether oxygens (including phenoxy) is 2. The fourth-order valence-corrected chi connectivity index (χ4v) is 3.44. The van der Waals surface area contributed by atoms with Crippen LogP contribution in [0.4, 0.5) is 0 Å². The second-order valence-corrected chi connectivity index (χ2v) is 7.01. The Hall–Kier alpha value is -2.92. The molecule has 0 fully saturated rings. The van der Waals surface area contributed by atoms with Gasteiger partial charge in [0.25, 0.3) is 0 Å². The Morgan fingerprint density at radius 3 is 2.48 bits per heavy atom. The zero-order chi connectivity index (χ0) is 19.1. The molecule has 27 heavy (non-hydrogen) atoms. The number of carboxylic acid groups (broad SMARTS) is 1. The van der Waals surface area contributed by atoms with Crippen LogP contribution >= 0.6 is 11.8 Å². The van der Waals surface area contributed by atoms with Gasteiger partial charge in [-0.05, 0) is 60.5 Å². The normalized spacial score (nSPS) is 10.4. The lowest BCUT2D eigenvalue weighted by molar-refractivity contribution is -0.139. The Morgan fingerprint density at radius 1 is 0.963 bits per heavy atom. The largest absolute Gasteiger partial charge is 0.482 e. The summed E-state index contributed by atoms with van der Waals surface area (Å²) in [6.07, 6.45) is 0. The standard InChI is InChI=1S/C22H20O4S/c1-16-12-20(10-11-21(16)25-14-22(23)24)27-15-17-6-5-9-19(13-17)26-18-7-3-2-4-8-18/h2-13H,14-15H2,1H3,(H,23,24). The van der Waals surface area contributed by atoms with Crippen LogP contribution in [0.3, 0.4) is 0 Å². The number of benzene rings is 3. The van der Waals surface area contributed by atoms with Gasteiger partial charge in [0, 0.05) is 10.6 Å².